The highest BCUT2D eigenvalue weighted by Crippen LogP contribution is 2.09. The third-order valence-electron chi connectivity index (χ3n) is 2.27. The molecular formula is C12H14N2O5. The number of rotatable bonds is 6. The molecule has 0 spiro atoms. The minimum Gasteiger partial charge on any atom is -0.479 e. The van der Waals surface area contributed by atoms with E-state index in [4.69, 9.17) is 15.6 Å². The number of anilines is 1. The number of carbonyl (C=O) groups excluding carboxylic acids is 2. The van der Waals surface area contributed by atoms with Crippen LogP contribution in [0.1, 0.15) is 17.3 Å². The summed E-state index contributed by atoms with van der Waals surface area (Å²) in [5, 5.41) is 11.1. The van der Waals surface area contributed by atoms with Crippen molar-refractivity contribution in [3.05, 3.63) is 29.8 Å². The molecule has 0 unspecified atom stereocenters. The van der Waals surface area contributed by atoms with Crippen molar-refractivity contribution in [2.75, 3.05) is 11.9 Å². The van der Waals surface area contributed by atoms with Crippen molar-refractivity contribution < 1.29 is 24.2 Å². The molecule has 0 aliphatic carbocycles. The van der Waals surface area contributed by atoms with Crippen LogP contribution in [0.25, 0.3) is 0 Å². The van der Waals surface area contributed by atoms with Gasteiger partial charge in [0.15, 0.2) is 6.10 Å². The van der Waals surface area contributed by atoms with Crippen LogP contribution in [0.5, 0.6) is 0 Å². The van der Waals surface area contributed by atoms with Crippen molar-refractivity contribution in [3.63, 3.8) is 0 Å². The molecule has 19 heavy (non-hydrogen) atoms. The Kier molecular flexibility index (Phi) is 5.01. The number of carboxylic acid groups (broad SMARTS) is 1. The average Bonchev–Trinajstić information content (AvgIpc) is 2.36. The fraction of sp³-hybridized carbons (Fsp3) is 0.250. The van der Waals surface area contributed by atoms with Gasteiger partial charge in [0, 0.05) is 11.3 Å². The smallest absolute Gasteiger partial charge is 0.332 e. The zero-order valence-corrected chi connectivity index (χ0v) is 10.3. The Morgan fingerprint density at radius 2 is 1.89 bits per heavy atom. The molecule has 0 aliphatic heterocycles. The second-order valence-corrected chi connectivity index (χ2v) is 3.78. The van der Waals surface area contributed by atoms with Crippen molar-refractivity contribution in [1.82, 2.24) is 0 Å². The normalized spacial score (nSPS) is 11.6. The van der Waals surface area contributed by atoms with E-state index in [1.165, 1.54) is 31.2 Å². The van der Waals surface area contributed by atoms with Crippen LogP contribution < -0.4 is 11.1 Å². The maximum absolute atomic E-state index is 11.4. The quantitative estimate of drug-likeness (QED) is 0.680. The molecule has 2 amide bonds. The molecular weight excluding hydrogens is 252 g/mol. The number of hydrogen-bond donors (Lipinski definition) is 3. The molecule has 7 nitrogen and oxygen atoms in total. The maximum atomic E-state index is 11.4. The highest BCUT2D eigenvalue weighted by atomic mass is 16.5. The standard InChI is InChI=1S/C12H14N2O5/c1-7(12(17)18)19-6-10(15)14-9-4-2-8(3-5-9)11(13)16/h2-5,7H,6H2,1H3,(H2,13,16)(H,14,15)(H,17,18)/t7-/m0/s1. The van der Waals surface area contributed by atoms with Crippen LogP contribution in [0.15, 0.2) is 24.3 Å². The maximum Gasteiger partial charge on any atom is 0.332 e. The van der Waals surface area contributed by atoms with E-state index in [1.807, 2.05) is 0 Å². The van der Waals surface area contributed by atoms with Crippen LogP contribution in [0.4, 0.5) is 5.69 Å². The van der Waals surface area contributed by atoms with Crippen molar-refractivity contribution >= 4 is 23.5 Å². The van der Waals surface area contributed by atoms with Gasteiger partial charge >= 0.3 is 5.97 Å². The Morgan fingerprint density at radius 1 is 1.32 bits per heavy atom. The molecule has 0 bridgehead atoms. The monoisotopic (exact) mass is 266 g/mol. The van der Waals surface area contributed by atoms with Gasteiger partial charge in [-0.05, 0) is 31.2 Å². The zero-order valence-electron chi connectivity index (χ0n) is 10.3. The molecule has 0 saturated heterocycles. The number of carboxylic acids is 1. The van der Waals surface area contributed by atoms with Gasteiger partial charge in [0.05, 0.1) is 0 Å². The summed E-state index contributed by atoms with van der Waals surface area (Å²) in [4.78, 5) is 32.7. The SMILES string of the molecule is C[C@H](OCC(=O)Nc1ccc(C(N)=O)cc1)C(=O)O. The number of ether oxygens (including phenoxy) is 1. The van der Waals surface area contributed by atoms with E-state index in [0.29, 0.717) is 11.3 Å². The second kappa shape index (κ2) is 6.50. The van der Waals surface area contributed by atoms with Gasteiger partial charge in [0.1, 0.15) is 6.61 Å². The second-order valence-electron chi connectivity index (χ2n) is 3.78. The summed E-state index contributed by atoms with van der Waals surface area (Å²) in [6.45, 7) is 0.961. The van der Waals surface area contributed by atoms with Gasteiger partial charge in [0.25, 0.3) is 0 Å². The summed E-state index contributed by atoms with van der Waals surface area (Å²) < 4.78 is 4.81. The summed E-state index contributed by atoms with van der Waals surface area (Å²) in [7, 11) is 0. The molecule has 0 fully saturated rings. The van der Waals surface area contributed by atoms with Crippen molar-refractivity contribution in [2.45, 2.75) is 13.0 Å². The highest BCUT2D eigenvalue weighted by molar-refractivity contribution is 5.95. The first-order valence-corrected chi connectivity index (χ1v) is 5.44. The first-order chi connectivity index (χ1) is 8.90. The molecule has 0 heterocycles. The van der Waals surface area contributed by atoms with E-state index in [0.717, 1.165) is 0 Å². The third-order valence-corrected chi connectivity index (χ3v) is 2.27. The zero-order chi connectivity index (χ0) is 14.4. The predicted molar refractivity (Wildman–Crippen MR) is 66.6 cm³/mol. The number of benzene rings is 1. The van der Waals surface area contributed by atoms with Gasteiger partial charge in [-0.25, -0.2) is 4.79 Å². The lowest BCUT2D eigenvalue weighted by atomic mass is 10.2. The van der Waals surface area contributed by atoms with Gasteiger partial charge in [0.2, 0.25) is 11.8 Å². The lowest BCUT2D eigenvalue weighted by molar-refractivity contribution is -0.150. The molecule has 1 aromatic rings. The fourth-order valence-corrected chi connectivity index (χ4v) is 1.19. The van der Waals surface area contributed by atoms with Crippen LogP contribution in [-0.4, -0.2) is 35.6 Å². The molecule has 0 saturated carbocycles. The van der Waals surface area contributed by atoms with E-state index in [9.17, 15) is 14.4 Å². The average molecular weight is 266 g/mol. The lowest BCUT2D eigenvalue weighted by Gasteiger charge is -2.09. The van der Waals surface area contributed by atoms with Crippen LogP contribution in [0, 0.1) is 0 Å². The Balaban J connectivity index is 2.48. The van der Waals surface area contributed by atoms with Crippen molar-refractivity contribution in [3.8, 4) is 0 Å². The van der Waals surface area contributed by atoms with Gasteiger partial charge in [-0.2, -0.15) is 0 Å². The molecule has 0 radical (unpaired) electrons. The Labute approximate surface area is 109 Å². The van der Waals surface area contributed by atoms with Crippen molar-refractivity contribution in [2.24, 2.45) is 5.73 Å². The van der Waals surface area contributed by atoms with E-state index in [1.54, 1.807) is 0 Å². The van der Waals surface area contributed by atoms with Crippen LogP contribution >= 0.6 is 0 Å². The molecule has 7 heteroatoms. The number of carbonyl (C=O) groups is 3. The van der Waals surface area contributed by atoms with Gasteiger partial charge < -0.3 is 20.9 Å². The number of nitrogens with one attached hydrogen (secondary N) is 1. The minimum absolute atomic E-state index is 0.328. The van der Waals surface area contributed by atoms with Gasteiger partial charge in [-0.3, -0.25) is 9.59 Å². The van der Waals surface area contributed by atoms with Gasteiger partial charge in [-0.1, -0.05) is 0 Å². The molecule has 0 aromatic heterocycles. The Morgan fingerprint density at radius 3 is 2.37 bits per heavy atom. The number of amides is 2. The van der Waals surface area contributed by atoms with Crippen LogP contribution in [-0.2, 0) is 14.3 Å². The molecule has 1 aromatic carbocycles. The summed E-state index contributed by atoms with van der Waals surface area (Å²) >= 11 is 0. The molecule has 1 atom stereocenters. The lowest BCUT2D eigenvalue weighted by Crippen LogP contribution is -2.26. The predicted octanol–water partition coefficient (Wildman–Crippen LogP) is 0.214. The Hall–Kier alpha value is -2.41. The summed E-state index contributed by atoms with van der Waals surface area (Å²) in [6.07, 6.45) is -1.05. The van der Waals surface area contributed by atoms with E-state index in [-0.39, 0.29) is 6.61 Å². The van der Waals surface area contributed by atoms with Gasteiger partial charge in [-0.15, -0.1) is 0 Å². The summed E-state index contributed by atoms with van der Waals surface area (Å²) in [5.74, 6) is -2.19. The molecule has 0 aliphatic rings. The first kappa shape index (κ1) is 14.7. The number of primary amides is 1. The number of nitrogens with two attached hydrogens (primary N) is 1. The first-order valence-electron chi connectivity index (χ1n) is 5.44. The summed E-state index contributed by atoms with van der Waals surface area (Å²) in [5.41, 5.74) is 5.86. The highest BCUT2D eigenvalue weighted by Gasteiger charge is 2.13. The number of hydrogen-bond acceptors (Lipinski definition) is 4. The fourth-order valence-electron chi connectivity index (χ4n) is 1.19. The topological polar surface area (TPSA) is 119 Å². The number of aliphatic carboxylic acids is 1. The third kappa shape index (κ3) is 4.76. The van der Waals surface area contributed by atoms with E-state index in [2.05, 4.69) is 5.32 Å². The Bertz CT molecular complexity index is 483. The molecule has 4 N–H and O–H groups in total. The van der Waals surface area contributed by atoms with Crippen LogP contribution in [0.3, 0.4) is 0 Å². The van der Waals surface area contributed by atoms with E-state index < -0.39 is 23.9 Å². The van der Waals surface area contributed by atoms with E-state index >= 15 is 0 Å². The van der Waals surface area contributed by atoms with Crippen LogP contribution in [0.2, 0.25) is 0 Å². The largest absolute Gasteiger partial charge is 0.479 e. The summed E-state index contributed by atoms with van der Waals surface area (Å²) in [6, 6.07) is 5.97. The van der Waals surface area contributed by atoms with Crippen molar-refractivity contribution in [1.29, 1.82) is 0 Å². The molecule has 1 rings (SSSR count). The minimum atomic E-state index is -1.14. The molecule has 102 valence electrons.